The first kappa shape index (κ1) is 12.6. The topological polar surface area (TPSA) is 46.9 Å². The Balaban J connectivity index is 2.65. The summed E-state index contributed by atoms with van der Waals surface area (Å²) in [5.74, 6) is -0.0431. The molecule has 0 aromatic carbocycles. The molecule has 0 aliphatic rings. The highest BCUT2D eigenvalue weighted by Crippen LogP contribution is 2.25. The highest BCUT2D eigenvalue weighted by atomic mass is 16.1. The third-order valence-corrected chi connectivity index (χ3v) is 2.87. The van der Waals surface area contributed by atoms with E-state index in [9.17, 15) is 4.79 Å². The number of hydrogen-bond donors (Lipinski definition) is 1. The van der Waals surface area contributed by atoms with Gasteiger partial charge in [0.15, 0.2) is 0 Å². The van der Waals surface area contributed by atoms with Crippen LogP contribution in [0, 0.1) is 0 Å². The average molecular weight is 245 g/mol. The van der Waals surface area contributed by atoms with E-state index in [1.165, 1.54) is 0 Å². The van der Waals surface area contributed by atoms with Gasteiger partial charge >= 0.3 is 0 Å². The number of carbonyl (C=O) groups is 1. The molecule has 0 fully saturated rings. The van der Waals surface area contributed by atoms with Crippen LogP contribution in [0.5, 0.6) is 0 Å². The Morgan fingerprint density at radius 2 is 2.17 bits per heavy atom. The number of carbonyl (C=O) groups excluding carboxylic acids is 1. The number of aromatic nitrogens is 2. The molecular formula is C14H19N3O. The number of nitrogens with one attached hydrogen (secondary N) is 1. The number of hydrogen-bond acceptors (Lipinski definition) is 2. The van der Waals surface area contributed by atoms with E-state index < -0.39 is 0 Å². The van der Waals surface area contributed by atoms with Crippen molar-refractivity contribution in [2.45, 2.75) is 33.2 Å². The molecule has 1 N–H and O–H groups in total. The van der Waals surface area contributed by atoms with E-state index in [2.05, 4.69) is 31.1 Å². The van der Waals surface area contributed by atoms with Gasteiger partial charge in [0, 0.05) is 29.9 Å². The number of pyridine rings is 1. The highest BCUT2D eigenvalue weighted by Gasteiger charge is 2.21. The summed E-state index contributed by atoms with van der Waals surface area (Å²) in [4.78, 5) is 16.4. The SMILES string of the molecule is CCNC(=O)c1cn(C(C)(C)C)c2ncccc12. The van der Waals surface area contributed by atoms with E-state index in [-0.39, 0.29) is 11.4 Å². The van der Waals surface area contributed by atoms with Gasteiger partial charge in [-0.1, -0.05) is 0 Å². The minimum absolute atomic E-state index is 0.0431. The molecule has 0 saturated carbocycles. The van der Waals surface area contributed by atoms with Gasteiger partial charge in [-0.05, 0) is 39.8 Å². The molecule has 0 radical (unpaired) electrons. The zero-order valence-electron chi connectivity index (χ0n) is 11.3. The molecule has 2 aromatic rings. The van der Waals surface area contributed by atoms with Gasteiger partial charge in [0.2, 0.25) is 0 Å². The van der Waals surface area contributed by atoms with Crippen LogP contribution in [-0.4, -0.2) is 22.0 Å². The van der Waals surface area contributed by atoms with Crippen molar-refractivity contribution in [2.24, 2.45) is 0 Å². The molecular weight excluding hydrogens is 226 g/mol. The second-order valence-corrected chi connectivity index (χ2v) is 5.32. The lowest BCUT2D eigenvalue weighted by atomic mass is 10.1. The lowest BCUT2D eigenvalue weighted by molar-refractivity contribution is 0.0957. The van der Waals surface area contributed by atoms with Gasteiger partial charge in [-0.15, -0.1) is 0 Å². The van der Waals surface area contributed by atoms with Crippen molar-refractivity contribution in [1.82, 2.24) is 14.9 Å². The molecule has 0 atom stereocenters. The fraction of sp³-hybridized carbons (Fsp3) is 0.429. The van der Waals surface area contributed by atoms with E-state index in [0.29, 0.717) is 12.1 Å². The summed E-state index contributed by atoms with van der Waals surface area (Å²) >= 11 is 0. The fourth-order valence-electron chi connectivity index (χ4n) is 2.01. The Morgan fingerprint density at radius 1 is 1.44 bits per heavy atom. The second-order valence-electron chi connectivity index (χ2n) is 5.32. The molecule has 0 bridgehead atoms. The summed E-state index contributed by atoms with van der Waals surface area (Å²) < 4.78 is 2.05. The first-order valence-electron chi connectivity index (χ1n) is 6.20. The van der Waals surface area contributed by atoms with E-state index >= 15 is 0 Å². The first-order valence-corrected chi connectivity index (χ1v) is 6.20. The van der Waals surface area contributed by atoms with Crippen molar-refractivity contribution in [3.63, 3.8) is 0 Å². The standard InChI is InChI=1S/C14H19N3O/c1-5-15-13(18)11-9-17(14(2,3)4)12-10(11)7-6-8-16-12/h6-9H,5H2,1-4H3,(H,15,18). The Hall–Kier alpha value is -1.84. The van der Waals surface area contributed by atoms with Crippen LogP contribution in [0.3, 0.4) is 0 Å². The van der Waals surface area contributed by atoms with Gasteiger partial charge in [-0.2, -0.15) is 0 Å². The summed E-state index contributed by atoms with van der Waals surface area (Å²) in [5.41, 5.74) is 1.44. The van der Waals surface area contributed by atoms with Crippen molar-refractivity contribution < 1.29 is 4.79 Å². The van der Waals surface area contributed by atoms with E-state index in [1.54, 1.807) is 6.20 Å². The van der Waals surface area contributed by atoms with Crippen LogP contribution in [0.2, 0.25) is 0 Å². The fourth-order valence-corrected chi connectivity index (χ4v) is 2.01. The minimum atomic E-state index is -0.0999. The van der Waals surface area contributed by atoms with Crippen molar-refractivity contribution in [3.8, 4) is 0 Å². The van der Waals surface area contributed by atoms with Crippen molar-refractivity contribution in [1.29, 1.82) is 0 Å². The lowest BCUT2D eigenvalue weighted by Crippen LogP contribution is -2.23. The lowest BCUT2D eigenvalue weighted by Gasteiger charge is -2.21. The second kappa shape index (κ2) is 4.44. The minimum Gasteiger partial charge on any atom is -0.352 e. The van der Waals surface area contributed by atoms with Gasteiger partial charge < -0.3 is 9.88 Å². The molecule has 2 rings (SSSR count). The van der Waals surface area contributed by atoms with Gasteiger partial charge in [0.05, 0.1) is 5.56 Å². The first-order chi connectivity index (χ1) is 8.45. The zero-order chi connectivity index (χ0) is 13.3. The van der Waals surface area contributed by atoms with Crippen LogP contribution in [0.25, 0.3) is 11.0 Å². The van der Waals surface area contributed by atoms with Crippen molar-refractivity contribution >= 4 is 16.9 Å². The molecule has 0 aliphatic carbocycles. The van der Waals surface area contributed by atoms with Crippen LogP contribution in [0.1, 0.15) is 38.1 Å². The third kappa shape index (κ3) is 2.10. The third-order valence-electron chi connectivity index (χ3n) is 2.87. The monoisotopic (exact) mass is 245 g/mol. The molecule has 4 heteroatoms. The maximum atomic E-state index is 12.0. The molecule has 2 heterocycles. The smallest absolute Gasteiger partial charge is 0.253 e. The molecule has 96 valence electrons. The Morgan fingerprint density at radius 3 is 2.78 bits per heavy atom. The molecule has 4 nitrogen and oxygen atoms in total. The summed E-state index contributed by atoms with van der Waals surface area (Å²) in [6.45, 7) is 8.84. The number of fused-ring (bicyclic) bond motifs is 1. The average Bonchev–Trinajstić information content (AvgIpc) is 2.68. The maximum Gasteiger partial charge on any atom is 0.253 e. The summed E-state index contributed by atoms with van der Waals surface area (Å²) in [6, 6.07) is 3.80. The van der Waals surface area contributed by atoms with Crippen molar-refractivity contribution in [2.75, 3.05) is 6.54 Å². The Kier molecular flexibility index (Phi) is 3.11. The number of amides is 1. The Bertz CT molecular complexity index is 578. The van der Waals surface area contributed by atoms with Crippen LogP contribution in [0.15, 0.2) is 24.5 Å². The van der Waals surface area contributed by atoms with Crippen LogP contribution in [0.4, 0.5) is 0 Å². The molecule has 0 saturated heterocycles. The van der Waals surface area contributed by atoms with Gasteiger partial charge in [0.1, 0.15) is 5.65 Å². The predicted octanol–water partition coefficient (Wildman–Crippen LogP) is 2.54. The molecule has 1 amide bonds. The van der Waals surface area contributed by atoms with Gasteiger partial charge in [0.25, 0.3) is 5.91 Å². The summed E-state index contributed by atoms with van der Waals surface area (Å²) in [6.07, 6.45) is 3.65. The molecule has 0 aliphatic heterocycles. The summed E-state index contributed by atoms with van der Waals surface area (Å²) in [5, 5.41) is 3.74. The van der Waals surface area contributed by atoms with Gasteiger partial charge in [-0.3, -0.25) is 4.79 Å². The molecule has 2 aromatic heterocycles. The zero-order valence-corrected chi connectivity index (χ0v) is 11.3. The Labute approximate surface area is 107 Å². The van der Waals surface area contributed by atoms with Crippen LogP contribution >= 0.6 is 0 Å². The quantitative estimate of drug-likeness (QED) is 0.883. The molecule has 0 unspecified atom stereocenters. The molecule has 18 heavy (non-hydrogen) atoms. The normalized spacial score (nSPS) is 11.8. The predicted molar refractivity (Wildman–Crippen MR) is 72.7 cm³/mol. The number of nitrogens with zero attached hydrogens (tertiary/aromatic N) is 2. The van der Waals surface area contributed by atoms with Crippen LogP contribution < -0.4 is 5.32 Å². The largest absolute Gasteiger partial charge is 0.352 e. The number of rotatable bonds is 2. The van der Waals surface area contributed by atoms with E-state index in [1.807, 2.05) is 29.8 Å². The van der Waals surface area contributed by atoms with Crippen LogP contribution in [-0.2, 0) is 5.54 Å². The van der Waals surface area contributed by atoms with Crippen molar-refractivity contribution in [3.05, 3.63) is 30.1 Å². The van der Waals surface area contributed by atoms with E-state index in [0.717, 1.165) is 11.0 Å². The van der Waals surface area contributed by atoms with E-state index in [4.69, 9.17) is 0 Å². The maximum absolute atomic E-state index is 12.0. The summed E-state index contributed by atoms with van der Waals surface area (Å²) in [7, 11) is 0. The van der Waals surface area contributed by atoms with Gasteiger partial charge in [-0.25, -0.2) is 4.98 Å². The molecule has 0 spiro atoms. The highest BCUT2D eigenvalue weighted by molar-refractivity contribution is 6.06.